The summed E-state index contributed by atoms with van der Waals surface area (Å²) in [5.41, 5.74) is 6.20. The second-order valence-electron chi connectivity index (χ2n) is 5.01. The maximum Gasteiger partial charge on any atom is 0.243 e. The van der Waals surface area contributed by atoms with Gasteiger partial charge >= 0.3 is 0 Å². The lowest BCUT2D eigenvalue weighted by atomic mass is 10.0. The smallest absolute Gasteiger partial charge is 0.243 e. The first-order valence-corrected chi connectivity index (χ1v) is 8.72. The highest BCUT2D eigenvalue weighted by molar-refractivity contribution is 9.10. The number of piperidine rings is 1. The number of sulfonamides is 1. The topological polar surface area (TPSA) is 72.6 Å². The number of halogens is 1. The van der Waals surface area contributed by atoms with Gasteiger partial charge in [0.2, 0.25) is 10.0 Å². The van der Waals surface area contributed by atoms with Gasteiger partial charge in [-0.05, 0) is 52.9 Å². The van der Waals surface area contributed by atoms with E-state index in [1.54, 1.807) is 19.2 Å². The van der Waals surface area contributed by atoms with Gasteiger partial charge in [0.05, 0.1) is 11.5 Å². The van der Waals surface area contributed by atoms with Crippen molar-refractivity contribution < 1.29 is 13.2 Å². The van der Waals surface area contributed by atoms with Crippen LogP contribution in [0.3, 0.4) is 0 Å². The molecule has 0 bridgehead atoms. The molecule has 0 spiro atoms. The van der Waals surface area contributed by atoms with Crippen LogP contribution in [-0.4, -0.2) is 39.5 Å². The number of nitrogens with two attached hydrogens (primary N) is 1. The Morgan fingerprint density at radius 3 is 2.90 bits per heavy atom. The second kappa shape index (κ2) is 6.43. The third kappa shape index (κ3) is 3.33. The zero-order valence-corrected chi connectivity index (χ0v) is 13.8. The van der Waals surface area contributed by atoms with Crippen LogP contribution in [0.5, 0.6) is 0 Å². The first-order valence-electron chi connectivity index (χ1n) is 6.49. The molecule has 1 fully saturated rings. The molecular weight excluding hydrogens is 344 g/mol. The zero-order chi connectivity index (χ0) is 14.8. The van der Waals surface area contributed by atoms with Gasteiger partial charge in [-0.3, -0.25) is 0 Å². The van der Waals surface area contributed by atoms with Crippen molar-refractivity contribution >= 4 is 31.6 Å². The molecule has 1 aromatic carbocycles. The molecule has 1 unspecified atom stereocenters. The number of nitrogen functional groups attached to an aromatic ring is 1. The van der Waals surface area contributed by atoms with E-state index in [1.165, 1.54) is 10.4 Å². The lowest BCUT2D eigenvalue weighted by molar-refractivity contribution is 0.118. The number of hydrogen-bond donors (Lipinski definition) is 1. The quantitative estimate of drug-likeness (QED) is 0.832. The Kier molecular flexibility index (Phi) is 5.06. The average molecular weight is 363 g/mol. The molecule has 7 heteroatoms. The van der Waals surface area contributed by atoms with E-state index in [0.717, 1.165) is 12.8 Å². The van der Waals surface area contributed by atoms with E-state index in [4.69, 9.17) is 10.5 Å². The Labute approximate surface area is 128 Å². The van der Waals surface area contributed by atoms with Crippen molar-refractivity contribution in [3.63, 3.8) is 0 Å². The molecule has 2 N–H and O–H groups in total. The highest BCUT2D eigenvalue weighted by atomic mass is 79.9. The highest BCUT2D eigenvalue weighted by Gasteiger charge is 2.30. The fourth-order valence-electron chi connectivity index (χ4n) is 2.45. The molecule has 1 aliphatic rings. The monoisotopic (exact) mass is 362 g/mol. The number of benzene rings is 1. The zero-order valence-electron chi connectivity index (χ0n) is 11.4. The number of hydrogen-bond acceptors (Lipinski definition) is 4. The average Bonchev–Trinajstić information content (AvgIpc) is 2.42. The van der Waals surface area contributed by atoms with Crippen molar-refractivity contribution in [3.8, 4) is 0 Å². The van der Waals surface area contributed by atoms with E-state index in [0.29, 0.717) is 29.9 Å². The minimum absolute atomic E-state index is 0.247. The Bertz CT molecular complexity index is 575. The van der Waals surface area contributed by atoms with Crippen LogP contribution in [0.25, 0.3) is 0 Å². The summed E-state index contributed by atoms with van der Waals surface area (Å²) >= 11 is 3.27. The lowest BCUT2D eigenvalue weighted by Gasteiger charge is -2.31. The molecule has 2 rings (SSSR count). The molecule has 0 aromatic heterocycles. The molecule has 0 radical (unpaired) electrons. The highest BCUT2D eigenvalue weighted by Crippen LogP contribution is 2.27. The van der Waals surface area contributed by atoms with E-state index in [9.17, 15) is 8.42 Å². The molecule has 5 nitrogen and oxygen atoms in total. The van der Waals surface area contributed by atoms with Crippen LogP contribution >= 0.6 is 15.9 Å². The van der Waals surface area contributed by atoms with E-state index < -0.39 is 10.0 Å². The van der Waals surface area contributed by atoms with Crippen LogP contribution in [0.2, 0.25) is 0 Å². The van der Waals surface area contributed by atoms with Gasteiger partial charge in [-0.1, -0.05) is 0 Å². The van der Waals surface area contributed by atoms with E-state index in [-0.39, 0.29) is 10.8 Å². The van der Waals surface area contributed by atoms with Crippen LogP contribution in [0.1, 0.15) is 12.8 Å². The Morgan fingerprint density at radius 1 is 1.50 bits per heavy atom. The van der Waals surface area contributed by atoms with Crippen LogP contribution in [0.15, 0.2) is 27.6 Å². The third-order valence-corrected chi connectivity index (χ3v) is 6.07. The number of methoxy groups -OCH3 is 1. The van der Waals surface area contributed by atoms with Crippen LogP contribution in [-0.2, 0) is 14.8 Å². The first-order chi connectivity index (χ1) is 9.45. The summed E-state index contributed by atoms with van der Waals surface area (Å²) in [6.07, 6.45) is 1.86. The fourth-order valence-corrected chi connectivity index (χ4v) is 4.29. The fraction of sp³-hybridized carbons (Fsp3) is 0.538. The van der Waals surface area contributed by atoms with E-state index >= 15 is 0 Å². The van der Waals surface area contributed by atoms with Gasteiger partial charge in [0.15, 0.2) is 0 Å². The predicted octanol–water partition coefficient (Wildman–Crippen LogP) is 2.08. The summed E-state index contributed by atoms with van der Waals surface area (Å²) < 4.78 is 32.6. The van der Waals surface area contributed by atoms with Crippen LogP contribution in [0.4, 0.5) is 5.69 Å². The normalized spacial score (nSPS) is 21.0. The molecule has 1 saturated heterocycles. The lowest BCUT2D eigenvalue weighted by Crippen LogP contribution is -2.41. The SMILES string of the molecule is COCC1CCCN(S(=O)(=O)c2ccc(Br)c(N)c2)C1. The standard InChI is InChI=1S/C13H19BrN2O3S/c1-19-9-10-3-2-6-16(8-10)20(17,18)11-4-5-12(14)13(15)7-11/h4-5,7,10H,2-3,6,8-9,15H2,1H3. The minimum Gasteiger partial charge on any atom is -0.398 e. The molecule has 20 heavy (non-hydrogen) atoms. The van der Waals surface area contributed by atoms with Crippen molar-refractivity contribution in [3.05, 3.63) is 22.7 Å². The number of anilines is 1. The molecule has 112 valence electrons. The Morgan fingerprint density at radius 2 is 2.25 bits per heavy atom. The number of ether oxygens (including phenoxy) is 1. The first kappa shape index (κ1) is 15.8. The summed E-state index contributed by atoms with van der Waals surface area (Å²) in [6.45, 7) is 1.65. The third-order valence-electron chi connectivity index (χ3n) is 3.49. The summed E-state index contributed by atoms with van der Waals surface area (Å²) in [5.74, 6) is 0.260. The van der Waals surface area contributed by atoms with Crippen molar-refractivity contribution in [2.75, 3.05) is 32.5 Å². The van der Waals surface area contributed by atoms with Crippen molar-refractivity contribution in [2.45, 2.75) is 17.7 Å². The van der Waals surface area contributed by atoms with Gasteiger partial charge < -0.3 is 10.5 Å². The molecule has 0 saturated carbocycles. The van der Waals surface area contributed by atoms with Gasteiger partial charge in [-0.2, -0.15) is 4.31 Å². The summed E-state index contributed by atoms with van der Waals surface area (Å²) in [4.78, 5) is 0.247. The summed E-state index contributed by atoms with van der Waals surface area (Å²) in [5, 5.41) is 0. The Hall–Kier alpha value is -0.630. The van der Waals surface area contributed by atoms with Gasteiger partial charge in [0, 0.05) is 30.4 Å². The van der Waals surface area contributed by atoms with Gasteiger partial charge in [-0.15, -0.1) is 0 Å². The van der Waals surface area contributed by atoms with E-state index in [2.05, 4.69) is 15.9 Å². The van der Waals surface area contributed by atoms with Crippen molar-refractivity contribution in [1.29, 1.82) is 0 Å². The van der Waals surface area contributed by atoms with Crippen molar-refractivity contribution in [2.24, 2.45) is 5.92 Å². The largest absolute Gasteiger partial charge is 0.398 e. The molecule has 1 heterocycles. The second-order valence-corrected chi connectivity index (χ2v) is 7.80. The molecule has 0 amide bonds. The molecule has 1 aromatic rings. The molecule has 1 aliphatic heterocycles. The maximum absolute atomic E-state index is 12.6. The summed E-state index contributed by atoms with van der Waals surface area (Å²) in [6, 6.07) is 4.74. The molecule has 1 atom stereocenters. The van der Waals surface area contributed by atoms with Crippen LogP contribution < -0.4 is 5.73 Å². The summed E-state index contributed by atoms with van der Waals surface area (Å²) in [7, 11) is -1.83. The molecular formula is C13H19BrN2O3S. The predicted molar refractivity (Wildman–Crippen MR) is 81.9 cm³/mol. The minimum atomic E-state index is -3.48. The number of rotatable bonds is 4. The Balaban J connectivity index is 2.23. The van der Waals surface area contributed by atoms with Crippen LogP contribution in [0, 0.1) is 5.92 Å². The molecule has 0 aliphatic carbocycles. The maximum atomic E-state index is 12.6. The van der Waals surface area contributed by atoms with Gasteiger partial charge in [0.1, 0.15) is 0 Å². The van der Waals surface area contributed by atoms with Gasteiger partial charge in [-0.25, -0.2) is 8.42 Å². The van der Waals surface area contributed by atoms with Gasteiger partial charge in [0.25, 0.3) is 0 Å². The number of nitrogens with zero attached hydrogens (tertiary/aromatic N) is 1. The van der Waals surface area contributed by atoms with Crippen molar-refractivity contribution in [1.82, 2.24) is 4.31 Å². The van der Waals surface area contributed by atoms with E-state index in [1.807, 2.05) is 0 Å².